The molecule has 0 saturated heterocycles. The van der Waals surface area contributed by atoms with Gasteiger partial charge in [-0.3, -0.25) is 4.79 Å². The summed E-state index contributed by atoms with van der Waals surface area (Å²) >= 11 is 0. The summed E-state index contributed by atoms with van der Waals surface area (Å²) in [5, 5.41) is 0. The van der Waals surface area contributed by atoms with Gasteiger partial charge in [-0.2, -0.15) is 31.8 Å². The first-order chi connectivity index (χ1) is 12.5. The van der Waals surface area contributed by atoms with Gasteiger partial charge in [-0.1, -0.05) is 30.3 Å². The van der Waals surface area contributed by atoms with E-state index in [4.69, 9.17) is 0 Å². The molecular weight excluding hydrogens is 380 g/mol. The van der Waals surface area contributed by atoms with E-state index in [1.807, 2.05) is 0 Å². The smallest absolute Gasteiger partial charge is 0.335 e. The summed E-state index contributed by atoms with van der Waals surface area (Å²) in [6.45, 7) is 0. The molecule has 0 spiro atoms. The van der Waals surface area contributed by atoms with Crippen LogP contribution >= 0.6 is 0 Å². The molecule has 0 aliphatic carbocycles. The average Bonchev–Trinajstić information content (AvgIpc) is 2.58. The summed E-state index contributed by atoms with van der Waals surface area (Å²) in [7, 11) is 0. The van der Waals surface area contributed by atoms with E-state index in [-0.39, 0.29) is 24.6 Å². The third-order valence-corrected chi connectivity index (χ3v) is 3.29. The maximum absolute atomic E-state index is 12.8. The highest BCUT2D eigenvalue weighted by molar-refractivity contribution is 5.91. The SMILES string of the molecule is O=C(Cc1ccccc1)NOC(=O)c1cc(C(F)(F)F)cc(C(F)(F)F)c1. The van der Waals surface area contributed by atoms with Crippen molar-refractivity contribution in [3.05, 3.63) is 70.8 Å². The summed E-state index contributed by atoms with van der Waals surface area (Å²) < 4.78 is 76.6. The van der Waals surface area contributed by atoms with Crippen molar-refractivity contribution in [2.24, 2.45) is 0 Å². The molecule has 2 aromatic rings. The number of benzene rings is 2. The Kier molecular flexibility index (Phi) is 5.77. The van der Waals surface area contributed by atoms with Gasteiger partial charge in [-0.15, -0.1) is 0 Å². The fourth-order valence-electron chi connectivity index (χ4n) is 2.05. The third kappa shape index (κ3) is 5.73. The lowest BCUT2D eigenvalue weighted by Crippen LogP contribution is -2.28. The molecule has 0 aliphatic rings. The largest absolute Gasteiger partial charge is 0.416 e. The fraction of sp³-hybridized carbons (Fsp3) is 0.176. The van der Waals surface area contributed by atoms with Gasteiger partial charge in [0.1, 0.15) is 0 Å². The van der Waals surface area contributed by atoms with Crippen molar-refractivity contribution in [1.29, 1.82) is 0 Å². The minimum atomic E-state index is -5.10. The molecular formula is C17H11F6NO3. The summed E-state index contributed by atoms with van der Waals surface area (Å²) in [6.07, 6.45) is -10.4. The standard InChI is InChI=1S/C17H11F6NO3/c18-16(19,20)12-7-11(8-13(9-12)17(21,22)23)15(26)27-24-14(25)6-10-4-2-1-3-5-10/h1-5,7-9H,6H2,(H,24,25). The summed E-state index contributed by atoms with van der Waals surface area (Å²) in [5.41, 5.74) is -2.08. The lowest BCUT2D eigenvalue weighted by atomic mass is 10.0. The third-order valence-electron chi connectivity index (χ3n) is 3.29. The van der Waals surface area contributed by atoms with Crippen molar-refractivity contribution in [3.8, 4) is 0 Å². The number of hydrogen-bond donors (Lipinski definition) is 1. The second-order valence-electron chi connectivity index (χ2n) is 5.37. The predicted molar refractivity (Wildman–Crippen MR) is 80.2 cm³/mol. The normalized spacial score (nSPS) is 11.8. The van der Waals surface area contributed by atoms with E-state index in [1.54, 1.807) is 35.8 Å². The van der Waals surface area contributed by atoms with Crippen molar-refractivity contribution < 1.29 is 40.8 Å². The quantitative estimate of drug-likeness (QED) is 0.632. The van der Waals surface area contributed by atoms with Gasteiger partial charge in [0, 0.05) is 0 Å². The van der Waals surface area contributed by atoms with Gasteiger partial charge in [0.25, 0.3) is 5.91 Å². The van der Waals surface area contributed by atoms with Gasteiger partial charge in [-0.25, -0.2) is 4.79 Å². The van der Waals surface area contributed by atoms with Crippen LogP contribution in [0.2, 0.25) is 0 Å². The van der Waals surface area contributed by atoms with Gasteiger partial charge in [0.15, 0.2) is 0 Å². The average molecular weight is 391 g/mol. The van der Waals surface area contributed by atoms with Gasteiger partial charge in [0.2, 0.25) is 0 Å². The zero-order valence-electron chi connectivity index (χ0n) is 13.3. The zero-order valence-corrected chi connectivity index (χ0v) is 13.3. The molecule has 4 nitrogen and oxygen atoms in total. The summed E-state index contributed by atoms with van der Waals surface area (Å²) in [4.78, 5) is 27.8. The Labute approximate surface area is 148 Å². The maximum atomic E-state index is 12.8. The van der Waals surface area contributed by atoms with Crippen molar-refractivity contribution in [1.82, 2.24) is 5.48 Å². The predicted octanol–water partition coefficient (Wildman–Crippen LogP) is 4.15. The van der Waals surface area contributed by atoms with E-state index in [9.17, 15) is 35.9 Å². The molecule has 10 heteroatoms. The Morgan fingerprint density at radius 1 is 0.852 bits per heavy atom. The topological polar surface area (TPSA) is 55.4 Å². The molecule has 144 valence electrons. The molecule has 0 heterocycles. The number of nitrogens with one attached hydrogen (secondary N) is 1. The van der Waals surface area contributed by atoms with E-state index >= 15 is 0 Å². The van der Waals surface area contributed by atoms with Crippen LogP contribution in [-0.4, -0.2) is 11.9 Å². The van der Waals surface area contributed by atoms with E-state index < -0.39 is 40.9 Å². The van der Waals surface area contributed by atoms with Crippen molar-refractivity contribution >= 4 is 11.9 Å². The zero-order chi connectivity index (χ0) is 20.2. The van der Waals surface area contributed by atoms with Crippen LogP contribution in [0.15, 0.2) is 48.5 Å². The highest BCUT2D eigenvalue weighted by atomic mass is 19.4. The maximum Gasteiger partial charge on any atom is 0.416 e. The number of alkyl halides is 6. The molecule has 2 aromatic carbocycles. The second kappa shape index (κ2) is 7.68. The molecule has 0 fully saturated rings. The first-order valence-electron chi connectivity index (χ1n) is 7.30. The molecule has 0 aromatic heterocycles. The van der Waals surface area contributed by atoms with Crippen molar-refractivity contribution in [2.75, 3.05) is 0 Å². The van der Waals surface area contributed by atoms with Crippen LogP contribution < -0.4 is 5.48 Å². The number of halogens is 6. The number of carbonyl (C=O) groups is 2. The van der Waals surface area contributed by atoms with Crippen molar-refractivity contribution in [2.45, 2.75) is 18.8 Å². The monoisotopic (exact) mass is 391 g/mol. The van der Waals surface area contributed by atoms with E-state index in [0.29, 0.717) is 5.56 Å². The second-order valence-corrected chi connectivity index (χ2v) is 5.37. The summed E-state index contributed by atoms with van der Waals surface area (Å²) in [5.74, 6) is -2.37. The number of amides is 1. The lowest BCUT2D eigenvalue weighted by molar-refractivity contribution is -0.143. The summed E-state index contributed by atoms with van der Waals surface area (Å²) in [6, 6.07) is 8.50. The number of carbonyl (C=O) groups excluding carboxylic acids is 2. The molecule has 2 rings (SSSR count). The highest BCUT2D eigenvalue weighted by Gasteiger charge is 2.37. The van der Waals surface area contributed by atoms with Crippen LogP contribution in [0.5, 0.6) is 0 Å². The Bertz CT molecular complexity index is 799. The van der Waals surface area contributed by atoms with Gasteiger partial charge in [0.05, 0.1) is 23.1 Å². The molecule has 0 bridgehead atoms. The number of hydrogen-bond acceptors (Lipinski definition) is 3. The van der Waals surface area contributed by atoms with Crippen LogP contribution in [0.25, 0.3) is 0 Å². The van der Waals surface area contributed by atoms with Gasteiger partial charge in [-0.05, 0) is 23.8 Å². The van der Waals surface area contributed by atoms with E-state index in [2.05, 4.69) is 4.84 Å². The number of hydroxylamine groups is 1. The van der Waals surface area contributed by atoms with Crippen LogP contribution in [-0.2, 0) is 28.4 Å². The molecule has 27 heavy (non-hydrogen) atoms. The minimum Gasteiger partial charge on any atom is -0.335 e. The molecule has 0 atom stereocenters. The van der Waals surface area contributed by atoms with E-state index in [0.717, 1.165) is 0 Å². The molecule has 0 saturated carbocycles. The van der Waals surface area contributed by atoms with Crippen LogP contribution in [0.4, 0.5) is 26.3 Å². The van der Waals surface area contributed by atoms with Crippen molar-refractivity contribution in [3.63, 3.8) is 0 Å². The fourth-order valence-corrected chi connectivity index (χ4v) is 2.05. The molecule has 0 aliphatic heterocycles. The lowest BCUT2D eigenvalue weighted by Gasteiger charge is -2.13. The van der Waals surface area contributed by atoms with E-state index in [1.165, 1.54) is 0 Å². The Morgan fingerprint density at radius 2 is 1.37 bits per heavy atom. The van der Waals surface area contributed by atoms with Crippen LogP contribution in [0, 0.1) is 0 Å². The minimum absolute atomic E-state index is 0.120. The molecule has 1 N–H and O–H groups in total. The van der Waals surface area contributed by atoms with Gasteiger partial charge < -0.3 is 4.84 Å². The molecule has 0 radical (unpaired) electrons. The van der Waals surface area contributed by atoms with Crippen LogP contribution in [0.1, 0.15) is 27.0 Å². The number of rotatable bonds is 3. The van der Waals surface area contributed by atoms with Gasteiger partial charge >= 0.3 is 18.3 Å². The molecule has 0 unspecified atom stereocenters. The first kappa shape index (κ1) is 20.3. The Morgan fingerprint density at radius 3 is 1.85 bits per heavy atom. The van der Waals surface area contributed by atoms with Crippen LogP contribution in [0.3, 0.4) is 0 Å². The Balaban J connectivity index is 2.14. The highest BCUT2D eigenvalue weighted by Crippen LogP contribution is 2.36. The molecule has 1 amide bonds. The first-order valence-corrected chi connectivity index (χ1v) is 7.30. The Hall–Kier alpha value is -3.04.